The second kappa shape index (κ2) is 9.52. The number of nitrogens with one attached hydrogen (secondary N) is 1. The number of aryl methyl sites for hydroxylation is 1. The molecular formula is C21H24N2O4. The zero-order chi connectivity index (χ0) is 19.8. The monoisotopic (exact) mass is 368 g/mol. The Hall–Kier alpha value is -3.15. The number of nitrogens with zero attached hydrogens (tertiary/aromatic N) is 1. The normalized spacial score (nSPS) is 10.2. The van der Waals surface area contributed by atoms with Crippen LogP contribution < -0.4 is 10.2 Å². The summed E-state index contributed by atoms with van der Waals surface area (Å²) in [6.45, 7) is 4.09. The first-order valence-electron chi connectivity index (χ1n) is 8.70. The highest BCUT2D eigenvalue weighted by Crippen LogP contribution is 2.18. The van der Waals surface area contributed by atoms with E-state index in [9.17, 15) is 14.4 Å². The predicted molar refractivity (Wildman–Crippen MR) is 103 cm³/mol. The molecule has 0 saturated carbocycles. The topological polar surface area (TPSA) is 75.7 Å². The third-order valence-electron chi connectivity index (χ3n) is 4.26. The average Bonchev–Trinajstić information content (AvgIpc) is 2.67. The van der Waals surface area contributed by atoms with Crippen LogP contribution in [0.3, 0.4) is 0 Å². The second-order valence-electron chi connectivity index (χ2n) is 6.17. The molecule has 2 aromatic rings. The minimum atomic E-state index is -0.476. The fourth-order valence-electron chi connectivity index (χ4n) is 2.69. The molecule has 0 saturated heterocycles. The van der Waals surface area contributed by atoms with E-state index >= 15 is 0 Å². The van der Waals surface area contributed by atoms with Crippen LogP contribution in [0.4, 0.5) is 5.69 Å². The van der Waals surface area contributed by atoms with E-state index in [4.69, 9.17) is 4.74 Å². The standard InChI is InChI=1S/C21H24N2O4/c1-15-7-4-5-8-18(15)14-22-20(25)11-12-23(16(2)24)19-10-6-9-17(13-19)21(26)27-3/h4-10,13H,11-12,14H2,1-3H3,(H,22,25). The van der Waals surface area contributed by atoms with Crippen molar-refractivity contribution in [1.82, 2.24) is 5.32 Å². The zero-order valence-corrected chi connectivity index (χ0v) is 15.8. The molecule has 0 heterocycles. The van der Waals surface area contributed by atoms with E-state index in [1.807, 2.05) is 31.2 Å². The van der Waals surface area contributed by atoms with Crippen molar-refractivity contribution in [2.75, 3.05) is 18.6 Å². The van der Waals surface area contributed by atoms with Crippen LogP contribution in [0, 0.1) is 6.92 Å². The van der Waals surface area contributed by atoms with Crippen molar-refractivity contribution in [3.8, 4) is 0 Å². The Morgan fingerprint density at radius 1 is 1.07 bits per heavy atom. The highest BCUT2D eigenvalue weighted by molar-refractivity contribution is 5.95. The summed E-state index contributed by atoms with van der Waals surface area (Å²) in [4.78, 5) is 37.3. The van der Waals surface area contributed by atoms with Gasteiger partial charge in [-0.15, -0.1) is 0 Å². The quantitative estimate of drug-likeness (QED) is 0.763. The van der Waals surface area contributed by atoms with E-state index in [0.717, 1.165) is 11.1 Å². The molecule has 0 aliphatic heterocycles. The lowest BCUT2D eigenvalue weighted by Crippen LogP contribution is -2.34. The van der Waals surface area contributed by atoms with Gasteiger partial charge in [0.15, 0.2) is 0 Å². The van der Waals surface area contributed by atoms with Gasteiger partial charge in [-0.05, 0) is 36.2 Å². The third kappa shape index (κ3) is 5.67. The van der Waals surface area contributed by atoms with Gasteiger partial charge in [0.25, 0.3) is 0 Å². The second-order valence-corrected chi connectivity index (χ2v) is 6.17. The van der Waals surface area contributed by atoms with Crippen LogP contribution in [-0.2, 0) is 20.9 Å². The fraction of sp³-hybridized carbons (Fsp3) is 0.286. The largest absolute Gasteiger partial charge is 0.465 e. The number of amides is 2. The molecule has 0 unspecified atom stereocenters. The number of rotatable bonds is 7. The van der Waals surface area contributed by atoms with E-state index in [-0.39, 0.29) is 24.8 Å². The molecule has 0 spiro atoms. The number of methoxy groups -OCH3 is 1. The zero-order valence-electron chi connectivity index (χ0n) is 15.8. The van der Waals surface area contributed by atoms with Crippen molar-refractivity contribution in [2.24, 2.45) is 0 Å². The summed E-state index contributed by atoms with van der Waals surface area (Å²) < 4.78 is 4.71. The highest BCUT2D eigenvalue weighted by Gasteiger charge is 2.15. The smallest absolute Gasteiger partial charge is 0.337 e. The number of benzene rings is 2. The number of hydrogen-bond acceptors (Lipinski definition) is 4. The molecule has 2 amide bonds. The Bertz CT molecular complexity index is 832. The molecule has 6 heteroatoms. The van der Waals surface area contributed by atoms with Gasteiger partial charge >= 0.3 is 5.97 Å². The summed E-state index contributed by atoms with van der Waals surface area (Å²) in [5.41, 5.74) is 3.07. The molecular weight excluding hydrogens is 344 g/mol. The molecule has 0 aromatic heterocycles. The van der Waals surface area contributed by atoms with Crippen LogP contribution in [0.2, 0.25) is 0 Å². The van der Waals surface area contributed by atoms with Gasteiger partial charge in [0.1, 0.15) is 0 Å². The summed E-state index contributed by atoms with van der Waals surface area (Å²) in [5, 5.41) is 2.87. The Kier molecular flexibility index (Phi) is 7.11. The maximum Gasteiger partial charge on any atom is 0.337 e. The fourth-order valence-corrected chi connectivity index (χ4v) is 2.69. The van der Waals surface area contributed by atoms with Crippen LogP contribution in [0.5, 0.6) is 0 Å². The first-order valence-corrected chi connectivity index (χ1v) is 8.70. The Balaban J connectivity index is 1.98. The molecule has 0 aliphatic rings. The minimum absolute atomic E-state index is 0.145. The van der Waals surface area contributed by atoms with Gasteiger partial charge < -0.3 is 15.0 Å². The average molecular weight is 368 g/mol. The van der Waals surface area contributed by atoms with E-state index in [1.165, 1.54) is 18.9 Å². The van der Waals surface area contributed by atoms with Crippen LogP contribution in [0.15, 0.2) is 48.5 Å². The molecule has 1 N–H and O–H groups in total. The van der Waals surface area contributed by atoms with E-state index < -0.39 is 5.97 Å². The van der Waals surface area contributed by atoms with E-state index in [0.29, 0.717) is 17.8 Å². The van der Waals surface area contributed by atoms with Crippen LogP contribution in [-0.4, -0.2) is 31.4 Å². The maximum absolute atomic E-state index is 12.2. The number of carbonyl (C=O) groups excluding carboxylic acids is 3. The first kappa shape index (κ1) is 20.2. The van der Waals surface area contributed by atoms with Crippen molar-refractivity contribution >= 4 is 23.5 Å². The van der Waals surface area contributed by atoms with Crippen molar-refractivity contribution in [2.45, 2.75) is 26.8 Å². The van der Waals surface area contributed by atoms with Gasteiger partial charge in [0, 0.05) is 32.1 Å². The van der Waals surface area contributed by atoms with Crippen LogP contribution >= 0.6 is 0 Å². The molecule has 0 atom stereocenters. The van der Waals surface area contributed by atoms with Gasteiger partial charge in [-0.25, -0.2) is 4.79 Å². The molecule has 2 rings (SSSR count). The molecule has 0 aliphatic carbocycles. The molecule has 2 aromatic carbocycles. The first-order chi connectivity index (χ1) is 12.9. The summed E-state index contributed by atoms with van der Waals surface area (Å²) in [6.07, 6.45) is 0.161. The van der Waals surface area contributed by atoms with Gasteiger partial charge in [-0.1, -0.05) is 30.3 Å². The molecule has 0 fully saturated rings. The maximum atomic E-state index is 12.2. The lowest BCUT2D eigenvalue weighted by molar-refractivity contribution is -0.121. The molecule has 142 valence electrons. The number of carbonyl (C=O) groups is 3. The number of ether oxygens (including phenoxy) is 1. The van der Waals surface area contributed by atoms with Crippen LogP contribution in [0.1, 0.15) is 34.8 Å². The van der Waals surface area contributed by atoms with Gasteiger partial charge in [0.2, 0.25) is 11.8 Å². The summed E-state index contributed by atoms with van der Waals surface area (Å²) in [5.74, 6) is -0.825. The minimum Gasteiger partial charge on any atom is -0.465 e. The Morgan fingerprint density at radius 3 is 2.48 bits per heavy atom. The summed E-state index contributed by atoms with van der Waals surface area (Å²) >= 11 is 0. The summed E-state index contributed by atoms with van der Waals surface area (Å²) in [7, 11) is 1.30. The van der Waals surface area contributed by atoms with Crippen LogP contribution in [0.25, 0.3) is 0 Å². The van der Waals surface area contributed by atoms with Gasteiger partial charge in [-0.2, -0.15) is 0 Å². The number of esters is 1. The van der Waals surface area contributed by atoms with Crippen molar-refractivity contribution < 1.29 is 19.1 Å². The molecule has 0 radical (unpaired) electrons. The number of anilines is 1. The van der Waals surface area contributed by atoms with Crippen molar-refractivity contribution in [3.05, 3.63) is 65.2 Å². The highest BCUT2D eigenvalue weighted by atomic mass is 16.5. The molecule has 6 nitrogen and oxygen atoms in total. The summed E-state index contributed by atoms with van der Waals surface area (Å²) in [6, 6.07) is 14.4. The lowest BCUT2D eigenvalue weighted by atomic mass is 10.1. The third-order valence-corrected chi connectivity index (χ3v) is 4.26. The lowest BCUT2D eigenvalue weighted by Gasteiger charge is -2.21. The van der Waals surface area contributed by atoms with Crippen molar-refractivity contribution in [3.63, 3.8) is 0 Å². The molecule has 27 heavy (non-hydrogen) atoms. The predicted octanol–water partition coefficient (Wildman–Crippen LogP) is 2.84. The SMILES string of the molecule is COC(=O)c1cccc(N(CCC(=O)NCc2ccccc2C)C(C)=O)c1. The van der Waals surface area contributed by atoms with E-state index in [2.05, 4.69) is 5.32 Å². The Morgan fingerprint density at radius 2 is 1.81 bits per heavy atom. The number of hydrogen-bond donors (Lipinski definition) is 1. The van der Waals surface area contributed by atoms with E-state index in [1.54, 1.807) is 24.3 Å². The van der Waals surface area contributed by atoms with Gasteiger partial charge in [0.05, 0.1) is 12.7 Å². The Labute approximate surface area is 159 Å². The van der Waals surface area contributed by atoms with Crippen molar-refractivity contribution in [1.29, 1.82) is 0 Å². The van der Waals surface area contributed by atoms with Gasteiger partial charge in [-0.3, -0.25) is 9.59 Å². The molecule has 0 bridgehead atoms.